The van der Waals surface area contributed by atoms with Crippen molar-refractivity contribution >= 4 is 33.8 Å². The summed E-state index contributed by atoms with van der Waals surface area (Å²) in [6.45, 7) is 13.2. The van der Waals surface area contributed by atoms with Crippen molar-refractivity contribution in [2.24, 2.45) is 5.41 Å². The zero-order valence-corrected chi connectivity index (χ0v) is 21.5. The maximum atomic E-state index is 13.6. The van der Waals surface area contributed by atoms with Gasteiger partial charge in [0.15, 0.2) is 5.82 Å². The van der Waals surface area contributed by atoms with E-state index in [1.807, 2.05) is 23.4 Å². The summed E-state index contributed by atoms with van der Waals surface area (Å²) in [5.41, 5.74) is 1.96. The third-order valence-corrected chi connectivity index (χ3v) is 7.45. The highest BCUT2D eigenvalue weighted by atomic mass is 32.1. The fraction of sp³-hybridized carbons (Fsp3) is 0.542. The Kier molecular flexibility index (Phi) is 6.62. The molecule has 1 saturated heterocycles. The Balaban J connectivity index is 1.69. The van der Waals surface area contributed by atoms with Crippen LogP contribution < -0.4 is 10.6 Å². The third kappa shape index (κ3) is 4.91. The lowest BCUT2D eigenvalue weighted by Crippen LogP contribution is -2.46. The van der Waals surface area contributed by atoms with Crippen LogP contribution in [0.1, 0.15) is 63.5 Å². The molecule has 34 heavy (non-hydrogen) atoms. The van der Waals surface area contributed by atoms with E-state index in [1.165, 1.54) is 6.92 Å². The fourth-order valence-electron chi connectivity index (χ4n) is 3.95. The molecule has 1 aliphatic heterocycles. The Morgan fingerprint density at radius 1 is 1.21 bits per heavy atom. The first kappa shape index (κ1) is 24.1. The van der Waals surface area contributed by atoms with Crippen molar-refractivity contribution in [2.75, 3.05) is 18.4 Å². The second kappa shape index (κ2) is 9.32. The van der Waals surface area contributed by atoms with E-state index in [4.69, 9.17) is 9.97 Å². The van der Waals surface area contributed by atoms with Gasteiger partial charge >= 0.3 is 0 Å². The van der Waals surface area contributed by atoms with E-state index in [-0.39, 0.29) is 29.3 Å². The highest BCUT2D eigenvalue weighted by Crippen LogP contribution is 2.30. The minimum Gasteiger partial charge on any atom is -0.367 e. The Morgan fingerprint density at radius 3 is 2.56 bits per heavy atom. The van der Waals surface area contributed by atoms with Gasteiger partial charge in [0.1, 0.15) is 16.3 Å². The molecule has 0 bridgehead atoms. The highest BCUT2D eigenvalue weighted by molar-refractivity contribution is 7.16. The second-order valence-electron chi connectivity index (χ2n) is 10.1. The SMILES string of the molecule is CC(=O)NC1CCN(C(=O)c2nc(-c3cnn4ccsc34)nc(N[C@@H](C)C(C)(C)C)c2C)CC1. The first-order valence-corrected chi connectivity index (χ1v) is 12.6. The normalized spacial score (nSPS) is 16.0. The van der Waals surface area contributed by atoms with Crippen LogP contribution in [0.4, 0.5) is 5.82 Å². The van der Waals surface area contributed by atoms with E-state index in [0.29, 0.717) is 30.4 Å². The standard InChI is InChI=1S/C24H33N7O2S/c1-14-19(22(33)30-9-7-17(8-10-30)27-16(3)32)28-21(18-13-25-31-11-12-34-23(18)31)29-20(14)26-15(2)24(4,5)6/h11-13,15,17H,7-10H2,1-6H3,(H,27,32)(H,26,28,29)/t15-/m0/s1. The molecule has 0 aromatic carbocycles. The van der Waals surface area contributed by atoms with Gasteiger partial charge in [0.25, 0.3) is 5.91 Å². The van der Waals surface area contributed by atoms with Crippen LogP contribution in [-0.2, 0) is 4.79 Å². The molecule has 0 radical (unpaired) electrons. The van der Waals surface area contributed by atoms with Gasteiger partial charge in [0.05, 0.1) is 11.8 Å². The summed E-state index contributed by atoms with van der Waals surface area (Å²) < 4.78 is 1.79. The smallest absolute Gasteiger partial charge is 0.272 e. The number of nitrogens with one attached hydrogen (secondary N) is 2. The Labute approximate surface area is 204 Å². The van der Waals surface area contributed by atoms with Gasteiger partial charge in [-0.3, -0.25) is 9.59 Å². The van der Waals surface area contributed by atoms with E-state index < -0.39 is 0 Å². The van der Waals surface area contributed by atoms with Crippen molar-refractivity contribution in [3.8, 4) is 11.4 Å². The molecule has 0 aliphatic carbocycles. The molecule has 2 N–H and O–H groups in total. The number of carbonyl (C=O) groups excluding carboxylic acids is 2. The molecule has 1 fully saturated rings. The molecule has 0 spiro atoms. The number of fused-ring (bicyclic) bond motifs is 1. The molecule has 1 atom stereocenters. The number of anilines is 1. The number of hydrogen-bond donors (Lipinski definition) is 2. The molecule has 182 valence electrons. The molecule has 2 amide bonds. The van der Waals surface area contributed by atoms with Crippen LogP contribution in [-0.4, -0.2) is 61.5 Å². The van der Waals surface area contributed by atoms with Gasteiger partial charge in [-0.05, 0) is 32.1 Å². The summed E-state index contributed by atoms with van der Waals surface area (Å²) in [5.74, 6) is 1.01. The van der Waals surface area contributed by atoms with Crippen molar-refractivity contribution in [3.63, 3.8) is 0 Å². The zero-order chi connectivity index (χ0) is 24.6. The van der Waals surface area contributed by atoms with Crippen molar-refractivity contribution in [1.29, 1.82) is 0 Å². The number of rotatable bonds is 5. The van der Waals surface area contributed by atoms with Crippen LogP contribution in [0.5, 0.6) is 0 Å². The molecular weight excluding hydrogens is 450 g/mol. The lowest BCUT2D eigenvalue weighted by Gasteiger charge is -2.33. The number of likely N-dealkylation sites (tertiary alicyclic amines) is 1. The zero-order valence-electron chi connectivity index (χ0n) is 20.7. The summed E-state index contributed by atoms with van der Waals surface area (Å²) in [6, 6.07) is 0.229. The van der Waals surface area contributed by atoms with Crippen molar-refractivity contribution < 1.29 is 9.59 Å². The number of carbonyl (C=O) groups is 2. The van der Waals surface area contributed by atoms with Gasteiger partial charge in [-0.25, -0.2) is 14.5 Å². The Hall–Kier alpha value is -3.01. The molecule has 0 saturated carbocycles. The van der Waals surface area contributed by atoms with Crippen LogP contribution in [0.15, 0.2) is 17.8 Å². The number of aromatic nitrogens is 4. The topological polar surface area (TPSA) is 105 Å². The number of nitrogens with zero attached hydrogens (tertiary/aromatic N) is 5. The highest BCUT2D eigenvalue weighted by Gasteiger charge is 2.29. The van der Waals surface area contributed by atoms with Gasteiger partial charge in [-0.1, -0.05) is 20.8 Å². The van der Waals surface area contributed by atoms with Gasteiger partial charge in [-0.2, -0.15) is 5.10 Å². The van der Waals surface area contributed by atoms with Crippen molar-refractivity contribution in [3.05, 3.63) is 29.0 Å². The molecule has 4 heterocycles. The minimum atomic E-state index is -0.108. The van der Waals surface area contributed by atoms with E-state index in [0.717, 1.165) is 28.8 Å². The van der Waals surface area contributed by atoms with E-state index in [2.05, 4.69) is 43.4 Å². The van der Waals surface area contributed by atoms with Crippen LogP contribution in [0, 0.1) is 12.3 Å². The maximum absolute atomic E-state index is 13.6. The molecule has 4 rings (SSSR count). The van der Waals surface area contributed by atoms with Crippen LogP contribution in [0.25, 0.3) is 16.2 Å². The number of hydrogen-bond acceptors (Lipinski definition) is 7. The van der Waals surface area contributed by atoms with Crippen molar-refractivity contribution in [1.82, 2.24) is 29.8 Å². The predicted octanol–water partition coefficient (Wildman–Crippen LogP) is 3.75. The van der Waals surface area contributed by atoms with Crippen LogP contribution in [0.3, 0.4) is 0 Å². The summed E-state index contributed by atoms with van der Waals surface area (Å²) in [4.78, 5) is 37.4. The fourth-order valence-corrected chi connectivity index (χ4v) is 4.74. The largest absolute Gasteiger partial charge is 0.367 e. The molecule has 1 aliphatic rings. The number of amides is 2. The van der Waals surface area contributed by atoms with Crippen LogP contribution >= 0.6 is 11.3 Å². The summed E-state index contributed by atoms with van der Waals surface area (Å²) in [5, 5.41) is 12.9. The Bertz CT molecular complexity index is 1200. The molecule has 10 heteroatoms. The number of thiazole rings is 1. The second-order valence-corrected chi connectivity index (χ2v) is 11.0. The van der Waals surface area contributed by atoms with Gasteiger partial charge in [-0.15, -0.1) is 11.3 Å². The van der Waals surface area contributed by atoms with Gasteiger partial charge in [0, 0.05) is 49.2 Å². The molecule has 3 aromatic rings. The first-order valence-electron chi connectivity index (χ1n) is 11.7. The Morgan fingerprint density at radius 2 is 1.91 bits per heavy atom. The molecule has 3 aromatic heterocycles. The molecule has 9 nitrogen and oxygen atoms in total. The number of piperidine rings is 1. The van der Waals surface area contributed by atoms with Gasteiger partial charge in [0.2, 0.25) is 5.91 Å². The van der Waals surface area contributed by atoms with Crippen LogP contribution in [0.2, 0.25) is 0 Å². The average Bonchev–Trinajstić information content (AvgIpc) is 3.38. The van der Waals surface area contributed by atoms with E-state index >= 15 is 0 Å². The van der Waals surface area contributed by atoms with Crippen molar-refractivity contribution in [2.45, 2.75) is 66.5 Å². The molecule has 0 unspecified atom stereocenters. The quantitative estimate of drug-likeness (QED) is 0.573. The lowest BCUT2D eigenvalue weighted by molar-refractivity contribution is -0.119. The summed E-state index contributed by atoms with van der Waals surface area (Å²) in [7, 11) is 0. The monoisotopic (exact) mass is 483 g/mol. The average molecular weight is 484 g/mol. The molecular formula is C24H33N7O2S. The van der Waals surface area contributed by atoms with E-state index in [9.17, 15) is 9.59 Å². The first-order chi connectivity index (χ1) is 16.0. The third-order valence-electron chi connectivity index (χ3n) is 6.56. The lowest BCUT2D eigenvalue weighted by atomic mass is 9.88. The maximum Gasteiger partial charge on any atom is 0.272 e. The minimum absolute atomic E-state index is 0.00601. The van der Waals surface area contributed by atoms with E-state index in [1.54, 1.807) is 22.0 Å². The van der Waals surface area contributed by atoms with Gasteiger partial charge < -0.3 is 15.5 Å². The summed E-state index contributed by atoms with van der Waals surface area (Å²) >= 11 is 1.56. The summed E-state index contributed by atoms with van der Waals surface area (Å²) in [6.07, 6.45) is 5.10. The predicted molar refractivity (Wildman–Crippen MR) is 134 cm³/mol.